The van der Waals surface area contributed by atoms with Crippen molar-refractivity contribution >= 4 is 17.5 Å². The van der Waals surface area contributed by atoms with E-state index in [1.165, 1.54) is 11.3 Å². The Balaban J connectivity index is 2.68. The van der Waals surface area contributed by atoms with Gasteiger partial charge in [-0.3, -0.25) is 4.79 Å². The van der Waals surface area contributed by atoms with Gasteiger partial charge in [-0.15, -0.1) is 11.8 Å². The van der Waals surface area contributed by atoms with Gasteiger partial charge in [0.1, 0.15) is 0 Å². The molecule has 0 atom stereocenters. The van der Waals surface area contributed by atoms with E-state index in [2.05, 4.69) is 6.92 Å². The van der Waals surface area contributed by atoms with Gasteiger partial charge >= 0.3 is 0 Å². The van der Waals surface area contributed by atoms with Crippen molar-refractivity contribution in [3.63, 3.8) is 0 Å². The molecule has 2 heteroatoms. The van der Waals surface area contributed by atoms with E-state index < -0.39 is 0 Å². The first-order valence-corrected chi connectivity index (χ1v) is 6.40. The van der Waals surface area contributed by atoms with Crippen LogP contribution in [0.4, 0.5) is 0 Å². The van der Waals surface area contributed by atoms with Gasteiger partial charge in [-0.25, -0.2) is 0 Å². The first-order valence-electron chi connectivity index (χ1n) is 5.42. The molecule has 0 bridgehead atoms. The third-order valence-electron chi connectivity index (χ3n) is 2.14. The second-order valence-electron chi connectivity index (χ2n) is 3.89. The predicted molar refractivity (Wildman–Crippen MR) is 66.6 cm³/mol. The van der Waals surface area contributed by atoms with Gasteiger partial charge in [0.2, 0.25) is 0 Å². The van der Waals surface area contributed by atoms with Crippen LogP contribution in [0.1, 0.15) is 37.6 Å². The molecule has 0 saturated heterocycles. The SMILES string of the molecule is CCCSc1ccc(C(=O)C(C)C)cc1. The van der Waals surface area contributed by atoms with E-state index in [0.29, 0.717) is 0 Å². The number of Topliss-reactive ketones (excluding diaryl/α,β-unsaturated/α-hetero) is 1. The smallest absolute Gasteiger partial charge is 0.165 e. The number of benzene rings is 1. The molecule has 0 fully saturated rings. The fourth-order valence-electron chi connectivity index (χ4n) is 1.27. The van der Waals surface area contributed by atoms with Crippen molar-refractivity contribution in [2.24, 2.45) is 5.92 Å². The van der Waals surface area contributed by atoms with Crippen molar-refractivity contribution in [2.45, 2.75) is 32.1 Å². The van der Waals surface area contributed by atoms with Gasteiger partial charge in [-0.2, -0.15) is 0 Å². The molecule has 1 nitrogen and oxygen atoms in total. The summed E-state index contributed by atoms with van der Waals surface area (Å²) < 4.78 is 0. The molecule has 0 aliphatic carbocycles. The molecule has 0 amide bonds. The molecule has 1 aromatic rings. The Labute approximate surface area is 96.3 Å². The molecule has 0 spiro atoms. The Morgan fingerprint density at radius 3 is 2.33 bits per heavy atom. The van der Waals surface area contributed by atoms with Crippen molar-refractivity contribution in [1.29, 1.82) is 0 Å². The van der Waals surface area contributed by atoms with Crippen LogP contribution in [0.25, 0.3) is 0 Å². The van der Waals surface area contributed by atoms with Gasteiger partial charge in [0.15, 0.2) is 5.78 Å². The Morgan fingerprint density at radius 2 is 1.87 bits per heavy atom. The summed E-state index contributed by atoms with van der Waals surface area (Å²) in [4.78, 5) is 12.9. The maximum Gasteiger partial charge on any atom is 0.165 e. The molecular weight excluding hydrogens is 204 g/mol. The van der Waals surface area contributed by atoms with Crippen LogP contribution in [0.15, 0.2) is 29.2 Å². The number of hydrogen-bond acceptors (Lipinski definition) is 2. The van der Waals surface area contributed by atoms with E-state index in [-0.39, 0.29) is 11.7 Å². The highest BCUT2D eigenvalue weighted by molar-refractivity contribution is 7.99. The predicted octanol–water partition coefficient (Wildman–Crippen LogP) is 4.03. The van der Waals surface area contributed by atoms with Gasteiger partial charge in [0.25, 0.3) is 0 Å². The maximum absolute atomic E-state index is 11.7. The fraction of sp³-hybridized carbons (Fsp3) is 0.462. The van der Waals surface area contributed by atoms with Crippen LogP contribution in [0.5, 0.6) is 0 Å². The summed E-state index contributed by atoms with van der Waals surface area (Å²) in [5.74, 6) is 1.44. The van der Waals surface area contributed by atoms with Crippen molar-refractivity contribution < 1.29 is 4.79 Å². The van der Waals surface area contributed by atoms with Crippen LogP contribution < -0.4 is 0 Å². The molecule has 0 saturated carbocycles. The van der Waals surface area contributed by atoms with E-state index in [0.717, 1.165) is 11.3 Å². The first-order chi connectivity index (χ1) is 7.15. The Kier molecular flexibility index (Phi) is 4.89. The van der Waals surface area contributed by atoms with E-state index in [4.69, 9.17) is 0 Å². The minimum atomic E-state index is 0.0825. The van der Waals surface area contributed by atoms with Crippen molar-refractivity contribution in [3.8, 4) is 0 Å². The normalized spacial score (nSPS) is 10.7. The first kappa shape index (κ1) is 12.3. The summed E-state index contributed by atoms with van der Waals surface area (Å²) in [5, 5.41) is 0. The highest BCUT2D eigenvalue weighted by Gasteiger charge is 2.09. The fourth-order valence-corrected chi connectivity index (χ4v) is 2.04. The summed E-state index contributed by atoms with van der Waals surface area (Å²) in [5.41, 5.74) is 0.825. The number of carbonyl (C=O) groups is 1. The van der Waals surface area contributed by atoms with Crippen LogP contribution in [-0.4, -0.2) is 11.5 Å². The van der Waals surface area contributed by atoms with Crippen molar-refractivity contribution in [3.05, 3.63) is 29.8 Å². The largest absolute Gasteiger partial charge is 0.294 e. The lowest BCUT2D eigenvalue weighted by atomic mass is 10.0. The van der Waals surface area contributed by atoms with Gasteiger partial charge in [0.05, 0.1) is 0 Å². The molecule has 0 aromatic heterocycles. The van der Waals surface area contributed by atoms with Crippen molar-refractivity contribution in [2.75, 3.05) is 5.75 Å². The molecule has 0 aliphatic heterocycles. The quantitative estimate of drug-likeness (QED) is 0.552. The van der Waals surface area contributed by atoms with Gasteiger partial charge in [-0.1, -0.05) is 32.9 Å². The minimum absolute atomic E-state index is 0.0825. The molecule has 0 heterocycles. The number of rotatable bonds is 5. The van der Waals surface area contributed by atoms with E-state index >= 15 is 0 Å². The average molecular weight is 222 g/mol. The molecule has 82 valence electrons. The van der Waals surface area contributed by atoms with E-state index in [9.17, 15) is 4.79 Å². The summed E-state index contributed by atoms with van der Waals surface area (Å²) >= 11 is 1.84. The molecule has 1 rings (SSSR count). The third kappa shape index (κ3) is 3.71. The monoisotopic (exact) mass is 222 g/mol. The number of carbonyl (C=O) groups excluding carboxylic acids is 1. The molecule has 0 radical (unpaired) electrons. The summed E-state index contributed by atoms with van der Waals surface area (Å²) in [6.07, 6.45) is 1.18. The van der Waals surface area contributed by atoms with Gasteiger partial charge in [0, 0.05) is 16.4 Å². The maximum atomic E-state index is 11.7. The van der Waals surface area contributed by atoms with Crippen LogP contribution in [0.3, 0.4) is 0 Å². The summed E-state index contributed by atoms with van der Waals surface area (Å²) in [6.45, 7) is 6.04. The lowest BCUT2D eigenvalue weighted by Crippen LogP contribution is -2.06. The summed E-state index contributed by atoms with van der Waals surface area (Å²) in [7, 11) is 0. The van der Waals surface area contributed by atoms with Crippen LogP contribution in [-0.2, 0) is 0 Å². The second-order valence-corrected chi connectivity index (χ2v) is 5.06. The Hall–Kier alpha value is -0.760. The second kappa shape index (κ2) is 5.96. The minimum Gasteiger partial charge on any atom is -0.294 e. The van der Waals surface area contributed by atoms with E-state index in [1.807, 2.05) is 49.9 Å². The Bertz CT molecular complexity index is 314. The third-order valence-corrected chi connectivity index (χ3v) is 3.35. The van der Waals surface area contributed by atoms with Gasteiger partial charge in [-0.05, 0) is 24.3 Å². The molecule has 0 unspecified atom stereocenters. The molecule has 0 N–H and O–H groups in total. The highest BCUT2D eigenvalue weighted by Crippen LogP contribution is 2.20. The van der Waals surface area contributed by atoms with Crippen molar-refractivity contribution in [1.82, 2.24) is 0 Å². The number of hydrogen-bond donors (Lipinski definition) is 0. The van der Waals surface area contributed by atoms with Crippen LogP contribution in [0.2, 0.25) is 0 Å². The average Bonchev–Trinajstić information content (AvgIpc) is 2.26. The number of thioether (sulfide) groups is 1. The van der Waals surface area contributed by atoms with Crippen LogP contribution >= 0.6 is 11.8 Å². The standard InChI is InChI=1S/C13H18OS/c1-4-9-15-12-7-5-11(6-8-12)13(14)10(2)3/h5-8,10H,4,9H2,1-3H3. The topological polar surface area (TPSA) is 17.1 Å². The summed E-state index contributed by atoms with van der Waals surface area (Å²) in [6, 6.07) is 7.94. The molecule has 0 aliphatic rings. The van der Waals surface area contributed by atoms with Gasteiger partial charge < -0.3 is 0 Å². The van der Waals surface area contributed by atoms with E-state index in [1.54, 1.807) is 0 Å². The molecular formula is C13H18OS. The Morgan fingerprint density at radius 1 is 1.27 bits per heavy atom. The van der Waals surface area contributed by atoms with Crippen LogP contribution in [0, 0.1) is 5.92 Å². The lowest BCUT2D eigenvalue weighted by Gasteiger charge is -2.05. The zero-order valence-electron chi connectivity index (χ0n) is 9.62. The zero-order chi connectivity index (χ0) is 11.3. The lowest BCUT2D eigenvalue weighted by molar-refractivity contribution is 0.0939. The molecule has 15 heavy (non-hydrogen) atoms. The molecule has 1 aromatic carbocycles. The zero-order valence-corrected chi connectivity index (χ0v) is 10.4. The highest BCUT2D eigenvalue weighted by atomic mass is 32.2. The number of ketones is 1.